The van der Waals surface area contributed by atoms with Crippen molar-refractivity contribution in [2.24, 2.45) is 0 Å². The molecular weight excluding hydrogens is 469 g/mol. The molecular formula is C24H21F3N2O6. The quantitative estimate of drug-likeness (QED) is 0.583. The summed E-state index contributed by atoms with van der Waals surface area (Å²) in [5.74, 6) is -1.19. The van der Waals surface area contributed by atoms with Crippen molar-refractivity contribution in [3.05, 3.63) is 58.1 Å². The average Bonchev–Trinajstić information content (AvgIpc) is 3.27. The topological polar surface area (TPSA) is 102 Å². The molecule has 5 rings (SSSR count). The molecule has 0 bridgehead atoms. The first-order chi connectivity index (χ1) is 16.6. The van der Waals surface area contributed by atoms with E-state index < -0.39 is 35.8 Å². The van der Waals surface area contributed by atoms with Gasteiger partial charge >= 0.3 is 11.8 Å². The maximum Gasteiger partial charge on any atom is 0.426 e. The van der Waals surface area contributed by atoms with E-state index in [0.717, 1.165) is 11.3 Å². The zero-order valence-corrected chi connectivity index (χ0v) is 18.6. The molecule has 1 aliphatic heterocycles. The molecule has 2 heterocycles. The Bertz CT molecular complexity index is 1370. The number of aromatic nitrogens is 1. The van der Waals surface area contributed by atoms with E-state index >= 15 is 0 Å². The van der Waals surface area contributed by atoms with Crippen LogP contribution >= 0.6 is 0 Å². The van der Waals surface area contributed by atoms with Gasteiger partial charge in [-0.05, 0) is 50.5 Å². The van der Waals surface area contributed by atoms with Crippen LogP contribution in [0.25, 0.3) is 10.8 Å². The molecule has 1 aromatic heterocycles. The number of amides is 1. The summed E-state index contributed by atoms with van der Waals surface area (Å²) in [5, 5.41) is 15.2. The zero-order chi connectivity index (χ0) is 25.0. The fourth-order valence-corrected chi connectivity index (χ4v) is 4.41. The van der Waals surface area contributed by atoms with E-state index in [1.54, 1.807) is 6.92 Å². The highest BCUT2D eigenvalue weighted by Gasteiger charge is 2.62. The lowest BCUT2D eigenvalue weighted by atomic mass is 9.86. The number of aliphatic hydroxyl groups is 1. The van der Waals surface area contributed by atoms with Gasteiger partial charge in [-0.25, -0.2) is 4.79 Å². The molecule has 1 N–H and O–H groups in total. The summed E-state index contributed by atoms with van der Waals surface area (Å²) in [5.41, 5.74) is -3.97. The second-order valence-electron chi connectivity index (χ2n) is 8.73. The SMILES string of the molecule is Cc1noc(=O)c2ccc(N(C(=O)C(O)(Cc3cccc4c3OCO4)C(F)(F)F)C3CCC3)cc12. The predicted octanol–water partition coefficient (Wildman–Crippen LogP) is 3.65. The van der Waals surface area contributed by atoms with Crippen LogP contribution in [0.2, 0.25) is 0 Å². The van der Waals surface area contributed by atoms with Gasteiger partial charge in [0.1, 0.15) is 0 Å². The molecule has 3 aromatic rings. The fourth-order valence-electron chi connectivity index (χ4n) is 4.41. The van der Waals surface area contributed by atoms with Gasteiger partial charge in [-0.1, -0.05) is 17.3 Å². The number of hydrogen-bond acceptors (Lipinski definition) is 7. The van der Waals surface area contributed by atoms with Gasteiger partial charge in [-0.15, -0.1) is 0 Å². The number of hydrogen-bond donors (Lipinski definition) is 1. The number of fused-ring (bicyclic) bond motifs is 2. The molecule has 0 spiro atoms. The number of carbonyl (C=O) groups excluding carboxylic acids is 1. The van der Waals surface area contributed by atoms with Crippen LogP contribution in [0.15, 0.2) is 45.7 Å². The predicted molar refractivity (Wildman–Crippen MR) is 117 cm³/mol. The number of ether oxygens (including phenoxy) is 2. The Morgan fingerprint density at radius 2 is 1.94 bits per heavy atom. The summed E-state index contributed by atoms with van der Waals surface area (Å²) in [6, 6.07) is 8.01. The van der Waals surface area contributed by atoms with Crippen molar-refractivity contribution in [3.63, 3.8) is 0 Å². The normalized spacial score (nSPS) is 17.2. The maximum absolute atomic E-state index is 14.4. The minimum atomic E-state index is -5.29. The molecule has 1 unspecified atom stereocenters. The second-order valence-corrected chi connectivity index (χ2v) is 8.73. The smallest absolute Gasteiger partial charge is 0.426 e. The van der Waals surface area contributed by atoms with Crippen LogP contribution in [0.3, 0.4) is 0 Å². The molecule has 0 radical (unpaired) electrons. The summed E-state index contributed by atoms with van der Waals surface area (Å²) in [6.45, 7) is 1.41. The lowest BCUT2D eigenvalue weighted by molar-refractivity contribution is -0.250. The first kappa shape index (κ1) is 23.2. The van der Waals surface area contributed by atoms with Crippen molar-refractivity contribution >= 4 is 22.4 Å². The fraction of sp³-hybridized carbons (Fsp3) is 0.375. The van der Waals surface area contributed by atoms with Gasteiger partial charge in [0, 0.05) is 29.1 Å². The highest BCUT2D eigenvalue weighted by molar-refractivity contribution is 6.02. The van der Waals surface area contributed by atoms with Crippen molar-refractivity contribution in [1.82, 2.24) is 5.16 Å². The van der Waals surface area contributed by atoms with E-state index in [2.05, 4.69) is 5.16 Å². The summed E-state index contributed by atoms with van der Waals surface area (Å²) >= 11 is 0. The van der Waals surface area contributed by atoms with Crippen molar-refractivity contribution in [3.8, 4) is 11.5 Å². The molecule has 2 aliphatic rings. The number of halogens is 3. The molecule has 35 heavy (non-hydrogen) atoms. The Labute approximate surface area is 196 Å². The summed E-state index contributed by atoms with van der Waals surface area (Å²) in [7, 11) is 0. The van der Waals surface area contributed by atoms with E-state index in [0.29, 0.717) is 23.9 Å². The Balaban J connectivity index is 1.60. The third kappa shape index (κ3) is 3.79. The molecule has 2 aromatic carbocycles. The van der Waals surface area contributed by atoms with Gasteiger partial charge < -0.3 is 24.0 Å². The van der Waals surface area contributed by atoms with E-state index in [1.165, 1.54) is 36.4 Å². The number of carbonyl (C=O) groups is 1. The van der Waals surface area contributed by atoms with E-state index in [4.69, 9.17) is 14.0 Å². The summed E-state index contributed by atoms with van der Waals surface area (Å²) < 4.78 is 58.4. The van der Waals surface area contributed by atoms with Crippen LogP contribution < -0.4 is 20.0 Å². The lowest BCUT2D eigenvalue weighted by Gasteiger charge is -2.42. The number of para-hydroxylation sites is 1. The summed E-state index contributed by atoms with van der Waals surface area (Å²) in [4.78, 5) is 26.6. The van der Waals surface area contributed by atoms with Crippen molar-refractivity contribution in [1.29, 1.82) is 0 Å². The standard InChI is InChI=1S/C24H21F3N2O6/c1-13-18-10-16(8-9-17(18)21(30)35-28-13)29(15-5-3-6-15)22(31)23(32,24(25,26)27)11-14-4-2-7-19-20(14)34-12-33-19/h2,4,7-10,15,32H,3,5-6,11-12H2,1H3. The second kappa shape index (κ2) is 8.26. The molecule has 1 saturated carbocycles. The Morgan fingerprint density at radius 1 is 1.17 bits per heavy atom. The lowest BCUT2D eigenvalue weighted by Crippen LogP contribution is -2.62. The highest BCUT2D eigenvalue weighted by Crippen LogP contribution is 2.43. The maximum atomic E-state index is 14.4. The van der Waals surface area contributed by atoms with E-state index in [9.17, 15) is 27.9 Å². The number of benzene rings is 2. The monoisotopic (exact) mass is 490 g/mol. The van der Waals surface area contributed by atoms with Crippen molar-refractivity contribution in [2.75, 3.05) is 11.7 Å². The van der Waals surface area contributed by atoms with Gasteiger partial charge in [0.25, 0.3) is 5.91 Å². The molecule has 1 atom stereocenters. The first-order valence-corrected chi connectivity index (χ1v) is 11.0. The Kier molecular flexibility index (Phi) is 5.47. The highest BCUT2D eigenvalue weighted by atomic mass is 19.4. The average molecular weight is 490 g/mol. The van der Waals surface area contributed by atoms with Gasteiger partial charge in [-0.2, -0.15) is 13.2 Å². The molecule has 11 heteroatoms. The number of nitrogens with zero attached hydrogens (tertiary/aromatic N) is 2. The number of anilines is 1. The van der Waals surface area contributed by atoms with Crippen molar-refractivity contribution < 1.29 is 37.1 Å². The third-order valence-electron chi connectivity index (χ3n) is 6.56. The van der Waals surface area contributed by atoms with E-state index in [-0.39, 0.29) is 34.9 Å². The molecule has 184 valence electrons. The van der Waals surface area contributed by atoms with Crippen LogP contribution in [-0.4, -0.2) is 40.8 Å². The zero-order valence-electron chi connectivity index (χ0n) is 18.6. The Hall–Kier alpha value is -3.60. The number of rotatable bonds is 5. The Morgan fingerprint density at radius 3 is 2.63 bits per heavy atom. The van der Waals surface area contributed by atoms with E-state index in [1.807, 2.05) is 0 Å². The van der Waals surface area contributed by atoms with Crippen LogP contribution in [0.5, 0.6) is 11.5 Å². The minimum absolute atomic E-state index is 0.00195. The number of alkyl halides is 3. The van der Waals surface area contributed by atoms with Crippen LogP contribution in [0.1, 0.15) is 30.5 Å². The third-order valence-corrected chi connectivity index (χ3v) is 6.56. The van der Waals surface area contributed by atoms with Crippen molar-refractivity contribution in [2.45, 2.75) is 50.4 Å². The molecule has 1 fully saturated rings. The van der Waals surface area contributed by atoms with Gasteiger partial charge in [0.2, 0.25) is 12.4 Å². The van der Waals surface area contributed by atoms with Gasteiger partial charge in [0.05, 0.1) is 11.1 Å². The van der Waals surface area contributed by atoms with Gasteiger partial charge in [-0.3, -0.25) is 4.79 Å². The van der Waals surface area contributed by atoms with Crippen LogP contribution in [-0.2, 0) is 11.2 Å². The number of aryl methyl sites for hydroxylation is 1. The van der Waals surface area contributed by atoms with Crippen LogP contribution in [0, 0.1) is 6.92 Å². The van der Waals surface area contributed by atoms with Crippen LogP contribution in [0.4, 0.5) is 18.9 Å². The molecule has 1 aliphatic carbocycles. The summed E-state index contributed by atoms with van der Waals surface area (Å²) in [6.07, 6.45) is -4.66. The minimum Gasteiger partial charge on any atom is -0.454 e. The molecule has 0 saturated heterocycles. The largest absolute Gasteiger partial charge is 0.454 e. The first-order valence-electron chi connectivity index (χ1n) is 11.0. The molecule has 1 amide bonds. The van der Waals surface area contributed by atoms with Gasteiger partial charge in [0.15, 0.2) is 11.5 Å². The molecule has 8 nitrogen and oxygen atoms in total.